The number of rotatable bonds is 1. The summed E-state index contributed by atoms with van der Waals surface area (Å²) in [6.07, 6.45) is 2.97. The molecule has 0 bridgehead atoms. The van der Waals surface area contributed by atoms with Gasteiger partial charge in [-0.1, -0.05) is 17.7 Å². The Balaban J connectivity index is 2.09. The minimum atomic E-state index is -0.518. The average Bonchev–Trinajstić information content (AvgIpc) is 2.79. The summed E-state index contributed by atoms with van der Waals surface area (Å²) in [7, 11) is 0. The summed E-state index contributed by atoms with van der Waals surface area (Å²) in [5.74, 6) is 0. The van der Waals surface area contributed by atoms with Crippen LogP contribution in [-0.4, -0.2) is 39.7 Å². The normalized spacial score (nSPS) is 15.2. The van der Waals surface area contributed by atoms with Gasteiger partial charge in [0.1, 0.15) is 5.60 Å². The zero-order valence-corrected chi connectivity index (χ0v) is 13.0. The first kappa shape index (κ1) is 15.1. The van der Waals surface area contributed by atoms with Crippen molar-refractivity contribution in [2.24, 2.45) is 0 Å². The average molecular weight is 316 g/mol. The van der Waals surface area contributed by atoms with Gasteiger partial charge in [-0.3, -0.25) is 0 Å². The van der Waals surface area contributed by atoms with Crippen molar-refractivity contribution < 1.29 is 9.53 Å². The van der Waals surface area contributed by atoms with Gasteiger partial charge in [0.05, 0.1) is 23.5 Å². The highest BCUT2D eigenvalue weighted by atomic mass is 35.5. The zero-order valence-electron chi connectivity index (χ0n) is 11.5. The van der Waals surface area contributed by atoms with E-state index < -0.39 is 5.60 Å². The molecule has 0 saturated carbocycles. The summed E-state index contributed by atoms with van der Waals surface area (Å²) in [6, 6.07) is 0. The molecular formula is C13H15Cl2N3O2. The maximum absolute atomic E-state index is 12.0. The Kier molecular flexibility index (Phi) is 4.20. The molecule has 1 aromatic rings. The summed E-state index contributed by atoms with van der Waals surface area (Å²) in [5, 5.41) is 0.535. The van der Waals surface area contributed by atoms with Gasteiger partial charge < -0.3 is 9.64 Å². The van der Waals surface area contributed by atoms with Crippen molar-refractivity contribution >= 4 is 34.9 Å². The molecule has 0 N–H and O–H groups in total. The van der Waals surface area contributed by atoms with E-state index in [1.54, 1.807) is 4.90 Å². The maximum Gasteiger partial charge on any atom is 0.410 e. The topological polar surface area (TPSA) is 55.3 Å². The van der Waals surface area contributed by atoms with E-state index in [4.69, 9.17) is 27.9 Å². The lowest BCUT2D eigenvalue weighted by atomic mass is 10.2. The molecule has 2 heterocycles. The second-order valence-electron chi connectivity index (χ2n) is 5.43. The lowest BCUT2D eigenvalue weighted by Gasteiger charge is -2.24. The SMILES string of the molecule is CC(C)(C)OC(=O)N1CC=C(c2nc(Cl)ncc2Cl)C1. The first-order valence-corrected chi connectivity index (χ1v) is 6.87. The molecule has 20 heavy (non-hydrogen) atoms. The third kappa shape index (κ3) is 3.61. The number of carbonyl (C=O) groups is 1. The van der Waals surface area contributed by atoms with Gasteiger partial charge in [-0.25, -0.2) is 14.8 Å². The highest BCUT2D eigenvalue weighted by Crippen LogP contribution is 2.27. The van der Waals surface area contributed by atoms with Crippen LogP contribution in [0.5, 0.6) is 0 Å². The van der Waals surface area contributed by atoms with E-state index in [0.717, 1.165) is 5.57 Å². The molecule has 1 aliphatic heterocycles. The Hall–Kier alpha value is -1.33. The van der Waals surface area contributed by atoms with Crippen LogP contribution in [0.15, 0.2) is 12.3 Å². The van der Waals surface area contributed by atoms with Crippen LogP contribution in [0.1, 0.15) is 26.5 Å². The molecule has 1 aliphatic rings. The summed E-state index contributed by atoms with van der Waals surface area (Å²) < 4.78 is 5.32. The number of hydrogen-bond donors (Lipinski definition) is 0. The number of amides is 1. The fourth-order valence-corrected chi connectivity index (χ4v) is 2.11. The summed E-state index contributed by atoms with van der Waals surface area (Å²) in [5.41, 5.74) is 0.873. The molecule has 0 atom stereocenters. The van der Waals surface area contributed by atoms with Crippen LogP contribution >= 0.6 is 23.2 Å². The molecule has 7 heteroatoms. The number of hydrogen-bond acceptors (Lipinski definition) is 4. The minimum Gasteiger partial charge on any atom is -0.444 e. The van der Waals surface area contributed by atoms with Crippen molar-refractivity contribution in [3.8, 4) is 0 Å². The Morgan fingerprint density at radius 3 is 2.75 bits per heavy atom. The Morgan fingerprint density at radius 1 is 1.40 bits per heavy atom. The smallest absolute Gasteiger partial charge is 0.410 e. The van der Waals surface area contributed by atoms with E-state index in [9.17, 15) is 4.79 Å². The van der Waals surface area contributed by atoms with E-state index in [1.807, 2.05) is 26.8 Å². The zero-order chi connectivity index (χ0) is 14.9. The number of ether oxygens (including phenoxy) is 1. The monoisotopic (exact) mass is 315 g/mol. The standard InChI is InChI=1S/C13H15Cl2N3O2/c1-13(2,3)20-12(19)18-5-4-8(7-18)10-9(14)6-16-11(15)17-10/h4,6H,5,7H2,1-3H3. The van der Waals surface area contributed by atoms with Gasteiger partial charge in [0.2, 0.25) is 5.28 Å². The molecular weight excluding hydrogens is 301 g/mol. The second kappa shape index (κ2) is 5.58. The number of carbonyl (C=O) groups excluding carboxylic acids is 1. The van der Waals surface area contributed by atoms with Crippen molar-refractivity contribution in [1.29, 1.82) is 0 Å². The van der Waals surface area contributed by atoms with Crippen LogP contribution in [0.25, 0.3) is 5.57 Å². The van der Waals surface area contributed by atoms with E-state index in [1.165, 1.54) is 6.20 Å². The number of halogens is 2. The number of nitrogens with zero attached hydrogens (tertiary/aromatic N) is 3. The molecule has 0 radical (unpaired) electrons. The van der Waals surface area contributed by atoms with Crippen molar-refractivity contribution in [2.45, 2.75) is 26.4 Å². The predicted molar refractivity (Wildman–Crippen MR) is 77.8 cm³/mol. The van der Waals surface area contributed by atoms with Crippen LogP contribution in [0.4, 0.5) is 4.79 Å². The highest BCUT2D eigenvalue weighted by molar-refractivity contribution is 6.32. The Morgan fingerprint density at radius 2 is 2.10 bits per heavy atom. The predicted octanol–water partition coefficient (Wildman–Crippen LogP) is 3.42. The summed E-state index contributed by atoms with van der Waals surface area (Å²) in [6.45, 7) is 6.34. The van der Waals surface area contributed by atoms with Crippen molar-refractivity contribution in [3.05, 3.63) is 28.3 Å². The Labute approximate surface area is 127 Å². The molecule has 0 aliphatic carbocycles. The van der Waals surface area contributed by atoms with Gasteiger partial charge in [0, 0.05) is 6.54 Å². The van der Waals surface area contributed by atoms with Gasteiger partial charge in [0.25, 0.3) is 0 Å². The van der Waals surface area contributed by atoms with Crippen molar-refractivity contribution in [3.63, 3.8) is 0 Å². The molecule has 0 spiro atoms. The van der Waals surface area contributed by atoms with Crippen LogP contribution in [0.2, 0.25) is 10.3 Å². The molecule has 1 amide bonds. The van der Waals surface area contributed by atoms with E-state index in [-0.39, 0.29) is 11.4 Å². The Bertz CT molecular complexity index is 567. The highest BCUT2D eigenvalue weighted by Gasteiger charge is 2.27. The molecule has 108 valence electrons. The first-order valence-electron chi connectivity index (χ1n) is 6.11. The largest absolute Gasteiger partial charge is 0.444 e. The van der Waals surface area contributed by atoms with E-state index in [0.29, 0.717) is 23.8 Å². The summed E-state index contributed by atoms with van der Waals surface area (Å²) >= 11 is 11.8. The first-order chi connectivity index (χ1) is 9.26. The third-order valence-electron chi connectivity index (χ3n) is 2.59. The van der Waals surface area contributed by atoms with Gasteiger partial charge in [0.15, 0.2) is 0 Å². The lowest BCUT2D eigenvalue weighted by Crippen LogP contribution is -2.35. The molecule has 0 saturated heterocycles. The van der Waals surface area contributed by atoms with Gasteiger partial charge >= 0.3 is 6.09 Å². The fourth-order valence-electron chi connectivity index (χ4n) is 1.76. The van der Waals surface area contributed by atoms with Crippen LogP contribution in [0.3, 0.4) is 0 Å². The lowest BCUT2D eigenvalue weighted by molar-refractivity contribution is 0.0306. The summed E-state index contributed by atoms with van der Waals surface area (Å²) in [4.78, 5) is 21.4. The minimum absolute atomic E-state index is 0.126. The molecule has 0 fully saturated rings. The van der Waals surface area contributed by atoms with Crippen LogP contribution in [0, 0.1) is 0 Å². The van der Waals surface area contributed by atoms with Crippen molar-refractivity contribution in [2.75, 3.05) is 13.1 Å². The molecule has 0 aromatic carbocycles. The maximum atomic E-state index is 12.0. The van der Waals surface area contributed by atoms with Gasteiger partial charge in [-0.2, -0.15) is 0 Å². The van der Waals surface area contributed by atoms with Gasteiger partial charge in [-0.05, 0) is 37.9 Å². The fraction of sp³-hybridized carbons (Fsp3) is 0.462. The number of aromatic nitrogens is 2. The molecule has 5 nitrogen and oxygen atoms in total. The molecule has 2 rings (SSSR count). The third-order valence-corrected chi connectivity index (χ3v) is 3.05. The van der Waals surface area contributed by atoms with Crippen LogP contribution in [-0.2, 0) is 4.74 Å². The second-order valence-corrected chi connectivity index (χ2v) is 6.17. The van der Waals surface area contributed by atoms with Crippen LogP contribution < -0.4 is 0 Å². The molecule has 0 unspecified atom stereocenters. The van der Waals surface area contributed by atoms with Crippen molar-refractivity contribution in [1.82, 2.24) is 14.9 Å². The van der Waals surface area contributed by atoms with E-state index in [2.05, 4.69) is 9.97 Å². The quantitative estimate of drug-likeness (QED) is 0.745. The van der Waals surface area contributed by atoms with Gasteiger partial charge in [-0.15, -0.1) is 0 Å². The molecule has 1 aromatic heterocycles. The van der Waals surface area contributed by atoms with E-state index >= 15 is 0 Å².